The van der Waals surface area contributed by atoms with E-state index in [-0.39, 0.29) is 5.39 Å². The molecule has 104 valence electrons. The zero-order chi connectivity index (χ0) is 14.5. The van der Waals surface area contributed by atoms with Gasteiger partial charge in [0.15, 0.2) is 0 Å². The van der Waals surface area contributed by atoms with E-state index in [1.54, 1.807) is 0 Å². The van der Waals surface area contributed by atoms with Gasteiger partial charge in [0.05, 0.1) is 6.26 Å². The number of alkyl halides is 6. The van der Waals surface area contributed by atoms with E-state index < -0.39 is 29.1 Å². The van der Waals surface area contributed by atoms with Crippen LogP contribution in [-0.2, 0) is 5.60 Å². The Bertz CT molecular complexity index is 581. The first-order chi connectivity index (χ1) is 8.59. The minimum atomic E-state index is -5.92. The predicted molar refractivity (Wildman–Crippen MR) is 52.2 cm³/mol. The summed E-state index contributed by atoms with van der Waals surface area (Å²) in [4.78, 5) is 0. The number of fused-ring (bicyclic) bond motifs is 1. The fraction of sp³-hybridized carbons (Fsp3) is 0.273. The maximum Gasteiger partial charge on any atom is 0.430 e. The highest BCUT2D eigenvalue weighted by atomic mass is 19.4. The van der Waals surface area contributed by atoms with Crippen LogP contribution >= 0.6 is 0 Å². The van der Waals surface area contributed by atoms with Gasteiger partial charge in [0.25, 0.3) is 5.60 Å². The number of rotatable bonds is 1. The molecule has 2 nitrogen and oxygen atoms in total. The summed E-state index contributed by atoms with van der Waals surface area (Å²) in [5.74, 6) is 0. The van der Waals surface area contributed by atoms with Gasteiger partial charge in [0, 0.05) is 10.9 Å². The van der Waals surface area contributed by atoms with Crippen LogP contribution in [0.25, 0.3) is 11.0 Å². The smallest absolute Gasteiger partial charge is 0.430 e. The van der Waals surface area contributed by atoms with Gasteiger partial charge in [-0.3, -0.25) is 0 Å². The van der Waals surface area contributed by atoms with E-state index in [9.17, 15) is 31.4 Å². The van der Waals surface area contributed by atoms with Gasteiger partial charge in [-0.15, -0.1) is 0 Å². The topological polar surface area (TPSA) is 33.4 Å². The van der Waals surface area contributed by atoms with Crippen molar-refractivity contribution >= 4 is 11.0 Å². The standard InChI is InChI=1S/C11H6F6O2/c12-10(13,14)9(18,11(15,16)17)7-3-1-2-6-4-5-19-8(6)7/h1-5,18H. The molecule has 8 heteroatoms. The third kappa shape index (κ3) is 1.86. The Hall–Kier alpha value is -1.70. The van der Waals surface area contributed by atoms with Gasteiger partial charge in [0.2, 0.25) is 0 Å². The van der Waals surface area contributed by atoms with E-state index in [0.717, 1.165) is 12.3 Å². The number of halogens is 6. The lowest BCUT2D eigenvalue weighted by atomic mass is 9.91. The first-order valence-corrected chi connectivity index (χ1v) is 4.91. The lowest BCUT2D eigenvalue weighted by Crippen LogP contribution is -2.54. The highest BCUT2D eigenvalue weighted by Crippen LogP contribution is 2.51. The van der Waals surface area contributed by atoms with Gasteiger partial charge < -0.3 is 9.52 Å². The van der Waals surface area contributed by atoms with Crippen molar-refractivity contribution in [2.45, 2.75) is 18.0 Å². The van der Waals surface area contributed by atoms with Crippen LogP contribution in [0.2, 0.25) is 0 Å². The van der Waals surface area contributed by atoms with Crippen molar-refractivity contribution in [1.29, 1.82) is 0 Å². The summed E-state index contributed by atoms with van der Waals surface area (Å²) in [6, 6.07) is 3.99. The monoisotopic (exact) mass is 284 g/mol. The average Bonchev–Trinajstić information content (AvgIpc) is 2.72. The molecule has 1 aromatic carbocycles. The Labute approximate surface area is 102 Å². The highest BCUT2D eigenvalue weighted by molar-refractivity contribution is 5.81. The Balaban J connectivity index is 2.80. The summed E-state index contributed by atoms with van der Waals surface area (Å²) in [7, 11) is 0. The Kier molecular flexibility index (Phi) is 2.81. The summed E-state index contributed by atoms with van der Waals surface area (Å²) < 4.78 is 80.9. The van der Waals surface area contributed by atoms with Gasteiger partial charge in [-0.25, -0.2) is 0 Å². The molecule has 0 bridgehead atoms. The molecule has 0 unspecified atom stereocenters. The first kappa shape index (κ1) is 13.7. The van der Waals surface area contributed by atoms with E-state index in [2.05, 4.69) is 4.42 Å². The molecule has 2 aromatic rings. The molecule has 0 spiro atoms. The molecule has 0 saturated carbocycles. The SMILES string of the molecule is OC(c1cccc2ccoc12)(C(F)(F)F)C(F)(F)F. The maximum absolute atomic E-state index is 12.7. The molecular formula is C11H6F6O2. The van der Waals surface area contributed by atoms with Crippen LogP contribution in [0.3, 0.4) is 0 Å². The lowest BCUT2D eigenvalue weighted by molar-refractivity contribution is -0.375. The van der Waals surface area contributed by atoms with Crippen molar-refractivity contribution in [1.82, 2.24) is 0 Å². The van der Waals surface area contributed by atoms with Gasteiger partial charge in [-0.05, 0) is 6.07 Å². The van der Waals surface area contributed by atoms with Crippen molar-refractivity contribution in [3.63, 3.8) is 0 Å². The van der Waals surface area contributed by atoms with Crippen molar-refractivity contribution < 1.29 is 35.9 Å². The van der Waals surface area contributed by atoms with Crippen molar-refractivity contribution in [2.75, 3.05) is 0 Å². The summed E-state index contributed by atoms with van der Waals surface area (Å²) in [5, 5.41) is 9.29. The number of furan rings is 1. The second-order valence-electron chi connectivity index (χ2n) is 3.85. The highest BCUT2D eigenvalue weighted by Gasteiger charge is 2.72. The maximum atomic E-state index is 12.7. The zero-order valence-corrected chi connectivity index (χ0v) is 9.01. The van der Waals surface area contributed by atoms with Crippen LogP contribution in [0.1, 0.15) is 5.56 Å². The van der Waals surface area contributed by atoms with Crippen LogP contribution in [0.4, 0.5) is 26.3 Å². The number of hydrogen-bond donors (Lipinski definition) is 1. The summed E-state index contributed by atoms with van der Waals surface area (Å²) in [5.41, 5.74) is -7.01. The molecule has 0 aliphatic rings. The summed E-state index contributed by atoms with van der Waals surface area (Å²) in [6.45, 7) is 0. The minimum absolute atomic E-state index is 0.0319. The average molecular weight is 284 g/mol. The molecular weight excluding hydrogens is 278 g/mol. The molecule has 0 aliphatic carbocycles. The number of para-hydroxylation sites is 1. The normalized spacial score (nSPS) is 14.1. The molecule has 0 saturated heterocycles. The van der Waals surface area contributed by atoms with E-state index in [1.165, 1.54) is 12.1 Å². The Morgan fingerprint density at radius 1 is 0.895 bits per heavy atom. The molecule has 1 N–H and O–H groups in total. The molecule has 0 aliphatic heterocycles. The first-order valence-electron chi connectivity index (χ1n) is 4.91. The molecule has 2 rings (SSSR count). The van der Waals surface area contributed by atoms with Gasteiger partial charge in [-0.2, -0.15) is 26.3 Å². The fourth-order valence-corrected chi connectivity index (χ4v) is 1.74. The predicted octanol–water partition coefficient (Wildman–Crippen LogP) is 3.75. The van der Waals surface area contributed by atoms with Crippen molar-refractivity contribution in [3.05, 3.63) is 36.1 Å². The van der Waals surface area contributed by atoms with Crippen LogP contribution in [0.5, 0.6) is 0 Å². The van der Waals surface area contributed by atoms with Gasteiger partial charge in [-0.1, -0.05) is 18.2 Å². The van der Waals surface area contributed by atoms with Crippen LogP contribution in [0.15, 0.2) is 34.9 Å². The van der Waals surface area contributed by atoms with Crippen LogP contribution < -0.4 is 0 Å². The molecule has 1 aromatic heterocycles. The van der Waals surface area contributed by atoms with Gasteiger partial charge in [0.1, 0.15) is 5.58 Å². The van der Waals surface area contributed by atoms with Crippen LogP contribution in [-0.4, -0.2) is 17.5 Å². The summed E-state index contributed by atoms with van der Waals surface area (Å²) >= 11 is 0. The second kappa shape index (κ2) is 3.89. The van der Waals surface area contributed by atoms with E-state index >= 15 is 0 Å². The Morgan fingerprint density at radius 2 is 1.47 bits per heavy atom. The quantitative estimate of drug-likeness (QED) is 0.809. The molecule has 0 amide bonds. The van der Waals surface area contributed by atoms with Gasteiger partial charge >= 0.3 is 12.4 Å². The number of aliphatic hydroxyl groups is 1. The molecule has 0 radical (unpaired) electrons. The van der Waals surface area contributed by atoms with E-state index in [0.29, 0.717) is 6.07 Å². The second-order valence-corrected chi connectivity index (χ2v) is 3.85. The zero-order valence-electron chi connectivity index (χ0n) is 9.01. The molecule has 19 heavy (non-hydrogen) atoms. The third-order valence-electron chi connectivity index (χ3n) is 2.69. The molecule has 1 heterocycles. The van der Waals surface area contributed by atoms with E-state index in [1.807, 2.05) is 0 Å². The number of hydrogen-bond acceptors (Lipinski definition) is 2. The lowest BCUT2D eigenvalue weighted by Gasteiger charge is -2.32. The minimum Gasteiger partial charge on any atom is -0.464 e. The fourth-order valence-electron chi connectivity index (χ4n) is 1.74. The molecule has 0 atom stereocenters. The summed E-state index contributed by atoms with van der Waals surface area (Å²) in [6.07, 6.45) is -10.9. The van der Waals surface area contributed by atoms with Crippen molar-refractivity contribution in [3.8, 4) is 0 Å². The Morgan fingerprint density at radius 3 is 2.00 bits per heavy atom. The van der Waals surface area contributed by atoms with Crippen LogP contribution in [0, 0.1) is 0 Å². The third-order valence-corrected chi connectivity index (χ3v) is 2.69. The van der Waals surface area contributed by atoms with Crippen molar-refractivity contribution in [2.24, 2.45) is 0 Å². The van der Waals surface area contributed by atoms with E-state index in [4.69, 9.17) is 0 Å². The number of benzene rings is 1. The molecule has 0 fully saturated rings. The largest absolute Gasteiger partial charge is 0.464 e.